The summed E-state index contributed by atoms with van der Waals surface area (Å²) >= 11 is 0. The van der Waals surface area contributed by atoms with Gasteiger partial charge in [-0.05, 0) is 39.2 Å². The van der Waals surface area contributed by atoms with Gasteiger partial charge in [0.25, 0.3) is 0 Å². The van der Waals surface area contributed by atoms with Crippen molar-refractivity contribution in [1.82, 2.24) is 19.7 Å². The quantitative estimate of drug-likeness (QED) is 0.848. The number of carbonyl (C=O) groups excluding carboxylic acids is 1. The largest absolute Gasteiger partial charge is 0.338 e. The first kappa shape index (κ1) is 13.0. The predicted octanol–water partition coefficient (Wildman–Crippen LogP) is 0.569. The molecule has 1 amide bonds. The van der Waals surface area contributed by atoms with Crippen LogP contribution < -0.4 is 5.73 Å². The minimum absolute atomic E-state index is 0.124. The van der Waals surface area contributed by atoms with Crippen LogP contribution in [-0.2, 0) is 4.79 Å². The molecule has 2 unspecified atom stereocenters. The zero-order chi connectivity index (χ0) is 13.0. The molecule has 18 heavy (non-hydrogen) atoms. The van der Waals surface area contributed by atoms with Gasteiger partial charge in [-0.1, -0.05) is 0 Å². The highest BCUT2D eigenvalue weighted by atomic mass is 16.2. The smallest absolute Gasteiger partial charge is 0.247 e. The van der Waals surface area contributed by atoms with E-state index >= 15 is 0 Å². The van der Waals surface area contributed by atoms with E-state index < -0.39 is 0 Å². The highest BCUT2D eigenvalue weighted by Crippen LogP contribution is 2.22. The fraction of sp³-hybridized carbons (Fsp3) is 0.750. The maximum Gasteiger partial charge on any atom is 0.247 e. The van der Waals surface area contributed by atoms with E-state index in [1.165, 1.54) is 12.7 Å². The minimum Gasteiger partial charge on any atom is -0.338 e. The first-order valence-corrected chi connectivity index (χ1v) is 6.58. The Bertz CT molecular complexity index is 376. The van der Waals surface area contributed by atoms with E-state index in [1.54, 1.807) is 11.0 Å². The molecule has 2 rings (SSSR count). The Kier molecular flexibility index (Phi) is 4.30. The molecular formula is C12H21N5O. The van der Waals surface area contributed by atoms with Gasteiger partial charge in [0.15, 0.2) is 0 Å². The molecule has 0 bridgehead atoms. The Morgan fingerprint density at radius 3 is 3.06 bits per heavy atom. The molecule has 2 N–H and O–H groups in total. The van der Waals surface area contributed by atoms with Gasteiger partial charge in [-0.25, -0.2) is 9.67 Å². The highest BCUT2D eigenvalue weighted by molar-refractivity contribution is 5.80. The number of likely N-dealkylation sites (tertiary alicyclic amines) is 1. The number of nitrogens with zero attached hydrogens (tertiary/aromatic N) is 4. The molecule has 0 spiro atoms. The van der Waals surface area contributed by atoms with Crippen molar-refractivity contribution in [1.29, 1.82) is 0 Å². The fourth-order valence-corrected chi connectivity index (χ4v) is 2.55. The molecule has 6 nitrogen and oxygen atoms in total. The lowest BCUT2D eigenvalue weighted by Gasteiger charge is -2.37. The molecule has 0 saturated carbocycles. The summed E-state index contributed by atoms with van der Waals surface area (Å²) in [6, 6.07) is 0.00750. The van der Waals surface area contributed by atoms with Crippen molar-refractivity contribution in [3.05, 3.63) is 12.7 Å². The molecular weight excluding hydrogens is 230 g/mol. The first-order chi connectivity index (χ1) is 8.74. The van der Waals surface area contributed by atoms with Crippen LogP contribution in [0.1, 0.15) is 38.6 Å². The molecule has 2 atom stereocenters. The number of amides is 1. The van der Waals surface area contributed by atoms with Crippen LogP contribution in [0.5, 0.6) is 0 Å². The number of nitrogens with two attached hydrogens (primary N) is 1. The van der Waals surface area contributed by atoms with E-state index in [4.69, 9.17) is 5.73 Å². The monoisotopic (exact) mass is 251 g/mol. The van der Waals surface area contributed by atoms with Crippen LogP contribution in [0.3, 0.4) is 0 Å². The molecule has 100 valence electrons. The topological polar surface area (TPSA) is 77.0 Å². The van der Waals surface area contributed by atoms with Gasteiger partial charge in [0, 0.05) is 12.6 Å². The summed E-state index contributed by atoms with van der Waals surface area (Å²) in [7, 11) is 0. The predicted molar refractivity (Wildman–Crippen MR) is 67.8 cm³/mol. The number of hydrogen-bond donors (Lipinski definition) is 1. The summed E-state index contributed by atoms with van der Waals surface area (Å²) < 4.78 is 1.61. The summed E-state index contributed by atoms with van der Waals surface area (Å²) in [5.74, 6) is 0.124. The Morgan fingerprint density at radius 2 is 2.39 bits per heavy atom. The Balaban J connectivity index is 2.06. The fourth-order valence-electron chi connectivity index (χ4n) is 2.55. The highest BCUT2D eigenvalue weighted by Gasteiger charge is 2.29. The average molecular weight is 251 g/mol. The summed E-state index contributed by atoms with van der Waals surface area (Å²) in [6.45, 7) is 3.33. The lowest BCUT2D eigenvalue weighted by molar-refractivity contribution is -0.138. The minimum atomic E-state index is -0.286. The molecule has 2 heterocycles. The van der Waals surface area contributed by atoms with Crippen molar-refractivity contribution in [2.24, 2.45) is 5.73 Å². The van der Waals surface area contributed by atoms with Crippen LogP contribution in [0.2, 0.25) is 0 Å². The number of rotatable bonds is 4. The van der Waals surface area contributed by atoms with Crippen molar-refractivity contribution in [3.63, 3.8) is 0 Å². The third kappa shape index (κ3) is 2.69. The van der Waals surface area contributed by atoms with Crippen molar-refractivity contribution in [3.8, 4) is 0 Å². The molecule has 6 heteroatoms. The Labute approximate surface area is 107 Å². The second-order valence-corrected chi connectivity index (χ2v) is 4.81. The molecule has 1 aromatic heterocycles. The van der Waals surface area contributed by atoms with Crippen LogP contribution in [0.15, 0.2) is 12.7 Å². The van der Waals surface area contributed by atoms with Gasteiger partial charge >= 0.3 is 0 Å². The normalized spacial score (nSPS) is 21.9. The van der Waals surface area contributed by atoms with Crippen LogP contribution in [-0.4, -0.2) is 44.7 Å². The van der Waals surface area contributed by atoms with Crippen molar-refractivity contribution in [2.45, 2.75) is 44.7 Å². The second-order valence-electron chi connectivity index (χ2n) is 4.81. The van der Waals surface area contributed by atoms with E-state index in [-0.39, 0.29) is 11.9 Å². The average Bonchev–Trinajstić information content (AvgIpc) is 2.92. The van der Waals surface area contributed by atoms with Crippen LogP contribution >= 0.6 is 0 Å². The summed E-state index contributed by atoms with van der Waals surface area (Å²) in [4.78, 5) is 18.3. The zero-order valence-electron chi connectivity index (χ0n) is 10.8. The van der Waals surface area contributed by atoms with E-state index in [0.717, 1.165) is 25.8 Å². The number of hydrogen-bond acceptors (Lipinski definition) is 4. The third-order valence-corrected chi connectivity index (χ3v) is 3.60. The van der Waals surface area contributed by atoms with Crippen molar-refractivity contribution < 1.29 is 4.79 Å². The lowest BCUT2D eigenvalue weighted by atomic mass is 9.98. The van der Waals surface area contributed by atoms with Crippen LogP contribution in [0.4, 0.5) is 0 Å². The van der Waals surface area contributed by atoms with Crippen molar-refractivity contribution in [2.75, 3.05) is 13.1 Å². The molecule has 1 aliphatic rings. The standard InChI is InChI=1S/C12H21N5O/c1-10(17-9-14-8-15-17)12(18)16-7-3-2-4-11(16)5-6-13/h8-11H,2-7,13H2,1H3. The van der Waals surface area contributed by atoms with E-state index in [1.807, 2.05) is 11.8 Å². The molecule has 1 saturated heterocycles. The van der Waals surface area contributed by atoms with Crippen LogP contribution in [0, 0.1) is 0 Å². The number of piperidine rings is 1. The first-order valence-electron chi connectivity index (χ1n) is 6.58. The number of aromatic nitrogens is 3. The molecule has 1 aliphatic heterocycles. The van der Waals surface area contributed by atoms with Crippen LogP contribution in [0.25, 0.3) is 0 Å². The third-order valence-electron chi connectivity index (χ3n) is 3.60. The molecule has 1 fully saturated rings. The second kappa shape index (κ2) is 5.95. The van der Waals surface area contributed by atoms with Gasteiger partial charge in [0.1, 0.15) is 18.7 Å². The Hall–Kier alpha value is -1.43. The van der Waals surface area contributed by atoms with E-state index in [9.17, 15) is 4.79 Å². The van der Waals surface area contributed by atoms with Gasteiger partial charge in [-0.2, -0.15) is 5.10 Å². The van der Waals surface area contributed by atoms with Gasteiger partial charge in [-0.3, -0.25) is 4.79 Å². The summed E-state index contributed by atoms with van der Waals surface area (Å²) in [5, 5.41) is 4.04. The molecule has 0 aliphatic carbocycles. The van der Waals surface area contributed by atoms with E-state index in [0.29, 0.717) is 12.6 Å². The van der Waals surface area contributed by atoms with Gasteiger partial charge in [-0.15, -0.1) is 0 Å². The van der Waals surface area contributed by atoms with E-state index in [2.05, 4.69) is 10.1 Å². The zero-order valence-corrected chi connectivity index (χ0v) is 10.8. The SMILES string of the molecule is CC(C(=O)N1CCCCC1CCN)n1cncn1. The lowest BCUT2D eigenvalue weighted by Crippen LogP contribution is -2.47. The molecule has 0 radical (unpaired) electrons. The molecule has 1 aromatic rings. The van der Waals surface area contributed by atoms with Gasteiger partial charge in [0.05, 0.1) is 0 Å². The number of carbonyl (C=O) groups is 1. The summed E-state index contributed by atoms with van der Waals surface area (Å²) in [6.07, 6.45) is 7.26. The molecule has 0 aromatic carbocycles. The van der Waals surface area contributed by atoms with Gasteiger partial charge < -0.3 is 10.6 Å². The maximum absolute atomic E-state index is 12.5. The van der Waals surface area contributed by atoms with Gasteiger partial charge in [0.2, 0.25) is 5.91 Å². The summed E-state index contributed by atoms with van der Waals surface area (Å²) in [5.41, 5.74) is 5.63. The maximum atomic E-state index is 12.5. The van der Waals surface area contributed by atoms with Crippen molar-refractivity contribution >= 4 is 5.91 Å². The Morgan fingerprint density at radius 1 is 1.56 bits per heavy atom.